The lowest BCUT2D eigenvalue weighted by molar-refractivity contribution is -0.133. The molecule has 0 bridgehead atoms. The number of nitrogens with one attached hydrogen (secondary N) is 1. The van der Waals surface area contributed by atoms with E-state index >= 15 is 0 Å². The SMILES string of the molecule is CC(C)N1C(=O)NC2(CCN(C(=O)c3cccc(Br)c3)CC2)C1=O. The van der Waals surface area contributed by atoms with E-state index in [-0.39, 0.29) is 23.9 Å². The van der Waals surface area contributed by atoms with Gasteiger partial charge in [0.15, 0.2) is 0 Å². The van der Waals surface area contributed by atoms with Crippen molar-refractivity contribution in [3.63, 3.8) is 0 Å². The summed E-state index contributed by atoms with van der Waals surface area (Å²) < 4.78 is 0.854. The van der Waals surface area contributed by atoms with Gasteiger partial charge in [-0.3, -0.25) is 14.5 Å². The van der Waals surface area contributed by atoms with Crippen LogP contribution in [0.4, 0.5) is 4.79 Å². The zero-order valence-corrected chi connectivity index (χ0v) is 15.3. The second-order valence-electron chi connectivity index (χ2n) is 6.58. The third-order valence-corrected chi connectivity index (χ3v) is 5.18. The fourth-order valence-corrected chi connectivity index (χ4v) is 3.74. The minimum atomic E-state index is -0.852. The quantitative estimate of drug-likeness (QED) is 0.784. The van der Waals surface area contributed by atoms with E-state index < -0.39 is 5.54 Å². The molecule has 1 aromatic carbocycles. The van der Waals surface area contributed by atoms with Gasteiger partial charge in [0.25, 0.3) is 11.8 Å². The molecule has 4 amide bonds. The van der Waals surface area contributed by atoms with E-state index in [1.165, 1.54) is 4.90 Å². The Morgan fingerprint density at radius 2 is 1.92 bits per heavy atom. The monoisotopic (exact) mass is 393 g/mol. The van der Waals surface area contributed by atoms with Crippen LogP contribution in [0, 0.1) is 0 Å². The summed E-state index contributed by atoms with van der Waals surface area (Å²) in [6.45, 7) is 4.54. The first-order valence-electron chi connectivity index (χ1n) is 8.05. The first kappa shape index (κ1) is 17.0. The van der Waals surface area contributed by atoms with Crippen molar-refractivity contribution in [2.75, 3.05) is 13.1 Å². The lowest BCUT2D eigenvalue weighted by Crippen LogP contribution is -2.56. The number of halogens is 1. The van der Waals surface area contributed by atoms with Crippen molar-refractivity contribution >= 4 is 33.8 Å². The Kier molecular flexibility index (Phi) is 4.38. The normalized spacial score (nSPS) is 20.0. The summed E-state index contributed by atoms with van der Waals surface area (Å²) in [5.41, 5.74) is -0.235. The number of nitrogens with zero attached hydrogens (tertiary/aromatic N) is 2. The number of carbonyl (C=O) groups excluding carboxylic acids is 3. The molecular weight excluding hydrogens is 374 g/mol. The molecule has 2 fully saturated rings. The number of piperidine rings is 1. The van der Waals surface area contributed by atoms with Crippen LogP contribution in [0.25, 0.3) is 0 Å². The highest BCUT2D eigenvalue weighted by atomic mass is 79.9. The van der Waals surface area contributed by atoms with Crippen molar-refractivity contribution in [2.45, 2.75) is 38.3 Å². The predicted molar refractivity (Wildman–Crippen MR) is 92.5 cm³/mol. The molecular formula is C17H20BrN3O3. The van der Waals surface area contributed by atoms with E-state index in [1.807, 2.05) is 26.0 Å². The molecule has 0 radical (unpaired) electrons. The van der Waals surface area contributed by atoms with Gasteiger partial charge in [0.1, 0.15) is 5.54 Å². The van der Waals surface area contributed by atoms with Gasteiger partial charge in [-0.05, 0) is 44.9 Å². The second kappa shape index (κ2) is 6.20. The maximum atomic E-state index is 12.7. The smallest absolute Gasteiger partial charge is 0.325 e. The van der Waals surface area contributed by atoms with Crippen LogP contribution in [-0.2, 0) is 4.79 Å². The largest absolute Gasteiger partial charge is 0.338 e. The molecule has 2 aliphatic rings. The molecule has 1 spiro atoms. The third-order valence-electron chi connectivity index (χ3n) is 4.69. The Morgan fingerprint density at radius 3 is 2.46 bits per heavy atom. The van der Waals surface area contributed by atoms with E-state index in [0.717, 1.165) is 4.47 Å². The van der Waals surface area contributed by atoms with Gasteiger partial charge in [-0.1, -0.05) is 22.0 Å². The first-order valence-corrected chi connectivity index (χ1v) is 8.84. The molecule has 1 N–H and O–H groups in total. The van der Waals surface area contributed by atoms with Crippen molar-refractivity contribution in [3.8, 4) is 0 Å². The van der Waals surface area contributed by atoms with Crippen molar-refractivity contribution in [2.24, 2.45) is 0 Å². The Labute approximate surface area is 149 Å². The van der Waals surface area contributed by atoms with Crippen LogP contribution in [-0.4, -0.2) is 52.3 Å². The fourth-order valence-electron chi connectivity index (χ4n) is 3.34. The first-order chi connectivity index (χ1) is 11.3. The van der Waals surface area contributed by atoms with Gasteiger partial charge < -0.3 is 10.2 Å². The number of carbonyl (C=O) groups is 3. The van der Waals surface area contributed by atoms with Crippen LogP contribution in [0.1, 0.15) is 37.0 Å². The highest BCUT2D eigenvalue weighted by Gasteiger charge is 2.53. The molecule has 0 unspecified atom stereocenters. The molecule has 2 aliphatic heterocycles. The lowest BCUT2D eigenvalue weighted by atomic mass is 9.87. The van der Waals surface area contributed by atoms with Gasteiger partial charge in [0.2, 0.25) is 0 Å². The van der Waals surface area contributed by atoms with Gasteiger partial charge in [-0.2, -0.15) is 0 Å². The molecule has 0 saturated carbocycles. The number of rotatable bonds is 2. The number of hydrogen-bond donors (Lipinski definition) is 1. The summed E-state index contributed by atoms with van der Waals surface area (Å²) in [5, 5.41) is 2.85. The molecule has 7 heteroatoms. The number of benzene rings is 1. The molecule has 6 nitrogen and oxygen atoms in total. The topological polar surface area (TPSA) is 69.7 Å². The van der Waals surface area contributed by atoms with Gasteiger partial charge in [-0.15, -0.1) is 0 Å². The Morgan fingerprint density at radius 1 is 1.25 bits per heavy atom. The number of amides is 4. The van der Waals surface area contributed by atoms with Crippen LogP contribution in [0.3, 0.4) is 0 Å². The van der Waals surface area contributed by atoms with Gasteiger partial charge in [0, 0.05) is 29.2 Å². The maximum absolute atomic E-state index is 12.7. The summed E-state index contributed by atoms with van der Waals surface area (Å²) in [5.74, 6) is -0.222. The molecule has 0 aliphatic carbocycles. The zero-order valence-electron chi connectivity index (χ0n) is 13.7. The summed E-state index contributed by atoms with van der Waals surface area (Å²) in [4.78, 5) is 40.4. The van der Waals surface area contributed by atoms with Crippen molar-refractivity contribution in [1.29, 1.82) is 0 Å². The van der Waals surface area contributed by atoms with Crippen molar-refractivity contribution < 1.29 is 14.4 Å². The van der Waals surface area contributed by atoms with E-state index in [4.69, 9.17) is 0 Å². The van der Waals surface area contributed by atoms with E-state index in [0.29, 0.717) is 31.5 Å². The van der Waals surface area contributed by atoms with E-state index in [2.05, 4.69) is 21.2 Å². The van der Waals surface area contributed by atoms with Crippen LogP contribution in [0.5, 0.6) is 0 Å². The van der Waals surface area contributed by atoms with Crippen LogP contribution >= 0.6 is 15.9 Å². The van der Waals surface area contributed by atoms with Crippen LogP contribution in [0.2, 0.25) is 0 Å². The average Bonchev–Trinajstić information content (AvgIpc) is 2.78. The fraction of sp³-hybridized carbons (Fsp3) is 0.471. The molecule has 3 rings (SSSR count). The van der Waals surface area contributed by atoms with Crippen molar-refractivity contribution in [1.82, 2.24) is 15.1 Å². The lowest BCUT2D eigenvalue weighted by Gasteiger charge is -2.37. The average molecular weight is 394 g/mol. The molecule has 2 heterocycles. The second-order valence-corrected chi connectivity index (χ2v) is 7.50. The standard InChI is InChI=1S/C17H20BrN3O3/c1-11(2)21-15(23)17(19-16(21)24)6-8-20(9-7-17)14(22)12-4-3-5-13(18)10-12/h3-5,10-11H,6-9H2,1-2H3,(H,19,24). The number of urea groups is 1. The highest BCUT2D eigenvalue weighted by molar-refractivity contribution is 9.10. The predicted octanol–water partition coefficient (Wildman–Crippen LogP) is 2.38. The summed E-state index contributed by atoms with van der Waals surface area (Å²) >= 11 is 3.37. The summed E-state index contributed by atoms with van der Waals surface area (Å²) in [6, 6.07) is 6.76. The van der Waals surface area contributed by atoms with Crippen LogP contribution < -0.4 is 5.32 Å². The van der Waals surface area contributed by atoms with E-state index in [9.17, 15) is 14.4 Å². The summed E-state index contributed by atoms with van der Waals surface area (Å²) in [6.07, 6.45) is 0.890. The van der Waals surface area contributed by atoms with Crippen molar-refractivity contribution in [3.05, 3.63) is 34.3 Å². The third kappa shape index (κ3) is 2.81. The van der Waals surface area contributed by atoms with Crippen LogP contribution in [0.15, 0.2) is 28.7 Å². The minimum absolute atomic E-state index is 0.0522. The Bertz CT molecular complexity index is 696. The van der Waals surface area contributed by atoms with Gasteiger partial charge in [-0.25, -0.2) is 4.79 Å². The molecule has 128 valence electrons. The number of imide groups is 1. The zero-order chi connectivity index (χ0) is 17.5. The maximum Gasteiger partial charge on any atom is 0.325 e. The molecule has 0 aromatic heterocycles. The van der Waals surface area contributed by atoms with Gasteiger partial charge >= 0.3 is 6.03 Å². The molecule has 0 atom stereocenters. The highest BCUT2D eigenvalue weighted by Crippen LogP contribution is 2.31. The number of hydrogen-bond acceptors (Lipinski definition) is 3. The van der Waals surface area contributed by atoms with E-state index in [1.54, 1.807) is 17.0 Å². The van der Waals surface area contributed by atoms with Gasteiger partial charge in [0.05, 0.1) is 0 Å². The molecule has 24 heavy (non-hydrogen) atoms. The number of likely N-dealkylation sites (tertiary alicyclic amines) is 1. The Hall–Kier alpha value is -1.89. The molecule has 1 aromatic rings. The molecule has 2 saturated heterocycles. The minimum Gasteiger partial charge on any atom is -0.338 e. The summed E-state index contributed by atoms with van der Waals surface area (Å²) in [7, 11) is 0. The Balaban J connectivity index is 1.71.